The predicted molar refractivity (Wildman–Crippen MR) is 95.3 cm³/mol. The van der Waals surface area contributed by atoms with Crippen LogP contribution in [0.4, 0.5) is 0 Å². The standard InChI is InChI=1S/2C10H10N2/c1-2-8-5-7-12-10(4-6-11-12)9(8)3-1;1-2-7-4-5-10-9(6-11-12-10)8(7)3-1/h4-7H,1-3H2;4-6H,1-3H2,(H,11,12). The minimum Gasteiger partial charge on any atom is -0.278 e. The Balaban J connectivity index is 0.000000109. The molecule has 0 fully saturated rings. The van der Waals surface area contributed by atoms with Crippen LogP contribution in [0.1, 0.15) is 35.1 Å². The third-order valence-electron chi connectivity index (χ3n) is 5.36. The Morgan fingerprint density at radius 3 is 2.62 bits per heavy atom. The van der Waals surface area contributed by atoms with Gasteiger partial charge in [-0.3, -0.25) is 5.10 Å². The summed E-state index contributed by atoms with van der Waals surface area (Å²) in [5, 5.41) is 12.6. The molecule has 120 valence electrons. The van der Waals surface area contributed by atoms with Gasteiger partial charge in [-0.2, -0.15) is 10.2 Å². The normalized spacial score (nSPS) is 15.3. The van der Waals surface area contributed by atoms with E-state index in [1.165, 1.54) is 77.2 Å². The van der Waals surface area contributed by atoms with Crippen molar-refractivity contribution in [2.75, 3.05) is 0 Å². The third kappa shape index (κ3) is 2.13. The SMILES string of the molecule is c1cc2[nH]ncc2c2c1CCC2.c1cc2c3c(ccn2n1)CCC3. The van der Waals surface area contributed by atoms with Crippen molar-refractivity contribution in [3.8, 4) is 0 Å². The van der Waals surface area contributed by atoms with Crippen LogP contribution in [-0.4, -0.2) is 19.8 Å². The number of fused-ring (bicyclic) bond motifs is 6. The molecule has 1 aromatic carbocycles. The highest BCUT2D eigenvalue weighted by Gasteiger charge is 2.14. The first-order chi connectivity index (χ1) is 11.9. The van der Waals surface area contributed by atoms with Crippen LogP contribution in [0.2, 0.25) is 0 Å². The minimum absolute atomic E-state index is 1.18. The fourth-order valence-electron chi connectivity index (χ4n) is 4.18. The van der Waals surface area contributed by atoms with E-state index in [-0.39, 0.29) is 0 Å². The summed E-state index contributed by atoms with van der Waals surface area (Å²) in [6.07, 6.45) is 13.4. The fraction of sp³-hybridized carbons (Fsp3) is 0.300. The average Bonchev–Trinajstić information content (AvgIpc) is 3.40. The Labute approximate surface area is 140 Å². The van der Waals surface area contributed by atoms with Crippen LogP contribution < -0.4 is 0 Å². The minimum atomic E-state index is 1.18. The zero-order chi connectivity index (χ0) is 15.9. The van der Waals surface area contributed by atoms with E-state index in [9.17, 15) is 0 Å². The van der Waals surface area contributed by atoms with E-state index in [1.807, 2.05) is 16.9 Å². The summed E-state index contributed by atoms with van der Waals surface area (Å²) < 4.78 is 1.96. The molecule has 2 aliphatic carbocycles. The van der Waals surface area contributed by atoms with Crippen molar-refractivity contribution >= 4 is 16.4 Å². The molecular weight excluding hydrogens is 296 g/mol. The summed E-state index contributed by atoms with van der Waals surface area (Å²) in [6.45, 7) is 0. The maximum atomic E-state index is 4.21. The van der Waals surface area contributed by atoms with Crippen LogP contribution >= 0.6 is 0 Å². The Morgan fingerprint density at radius 1 is 0.875 bits per heavy atom. The van der Waals surface area contributed by atoms with Gasteiger partial charge >= 0.3 is 0 Å². The molecule has 6 rings (SSSR count). The lowest BCUT2D eigenvalue weighted by molar-refractivity contribution is 0.912. The Morgan fingerprint density at radius 2 is 1.71 bits per heavy atom. The van der Waals surface area contributed by atoms with E-state index in [0.29, 0.717) is 0 Å². The monoisotopic (exact) mass is 316 g/mol. The van der Waals surface area contributed by atoms with E-state index in [1.54, 1.807) is 0 Å². The Kier molecular flexibility index (Phi) is 3.15. The molecule has 0 atom stereocenters. The van der Waals surface area contributed by atoms with Crippen molar-refractivity contribution in [2.45, 2.75) is 38.5 Å². The average molecular weight is 316 g/mol. The molecule has 0 amide bonds. The lowest BCUT2D eigenvalue weighted by Gasteiger charge is -2.00. The van der Waals surface area contributed by atoms with Crippen LogP contribution in [0.3, 0.4) is 0 Å². The summed E-state index contributed by atoms with van der Waals surface area (Å²) in [5.41, 5.74) is 8.53. The number of hydrogen-bond donors (Lipinski definition) is 1. The molecule has 4 nitrogen and oxygen atoms in total. The van der Waals surface area contributed by atoms with Crippen LogP contribution in [0.15, 0.2) is 42.9 Å². The first kappa shape index (κ1) is 13.8. The van der Waals surface area contributed by atoms with Gasteiger partial charge in [0.05, 0.1) is 17.2 Å². The summed E-state index contributed by atoms with van der Waals surface area (Å²) in [7, 11) is 0. The molecule has 0 bridgehead atoms. The van der Waals surface area contributed by atoms with E-state index in [2.05, 4.69) is 45.8 Å². The topological polar surface area (TPSA) is 46.0 Å². The molecule has 0 aliphatic heterocycles. The summed E-state index contributed by atoms with van der Waals surface area (Å²) in [6, 6.07) is 8.65. The first-order valence-corrected chi connectivity index (χ1v) is 8.78. The predicted octanol–water partition coefficient (Wildman–Crippen LogP) is 3.87. The number of pyridine rings is 1. The second-order valence-corrected chi connectivity index (χ2v) is 6.72. The highest BCUT2D eigenvalue weighted by molar-refractivity contribution is 5.83. The number of aryl methyl sites for hydroxylation is 4. The molecule has 4 aromatic rings. The highest BCUT2D eigenvalue weighted by Crippen LogP contribution is 2.28. The number of rotatable bonds is 0. The lowest BCUT2D eigenvalue weighted by atomic mass is 10.1. The summed E-state index contributed by atoms with van der Waals surface area (Å²) in [4.78, 5) is 0. The van der Waals surface area contributed by atoms with Gasteiger partial charge < -0.3 is 0 Å². The number of nitrogens with zero attached hydrogens (tertiary/aromatic N) is 3. The molecule has 4 heteroatoms. The Hall–Kier alpha value is -2.62. The van der Waals surface area contributed by atoms with Gasteiger partial charge in [-0.1, -0.05) is 6.07 Å². The number of nitrogens with one attached hydrogen (secondary N) is 1. The van der Waals surface area contributed by atoms with Gasteiger partial charge in [-0.25, -0.2) is 4.52 Å². The van der Waals surface area contributed by atoms with Crippen molar-refractivity contribution < 1.29 is 0 Å². The van der Waals surface area contributed by atoms with Crippen LogP contribution in [0.5, 0.6) is 0 Å². The number of benzene rings is 1. The quantitative estimate of drug-likeness (QED) is 0.535. The van der Waals surface area contributed by atoms with E-state index < -0.39 is 0 Å². The maximum absolute atomic E-state index is 4.21. The van der Waals surface area contributed by atoms with Crippen molar-refractivity contribution in [1.29, 1.82) is 0 Å². The van der Waals surface area contributed by atoms with Gasteiger partial charge in [-0.15, -0.1) is 0 Å². The molecule has 0 spiro atoms. The molecule has 0 unspecified atom stereocenters. The smallest absolute Gasteiger partial charge is 0.0696 e. The molecule has 0 saturated heterocycles. The van der Waals surface area contributed by atoms with Crippen LogP contribution in [-0.2, 0) is 25.7 Å². The molecule has 3 aromatic heterocycles. The molecule has 2 aliphatic rings. The number of hydrogen-bond acceptors (Lipinski definition) is 2. The zero-order valence-electron chi connectivity index (χ0n) is 13.6. The molecule has 0 saturated carbocycles. The second kappa shape index (κ2) is 5.48. The maximum Gasteiger partial charge on any atom is 0.0696 e. The lowest BCUT2D eigenvalue weighted by Crippen LogP contribution is -1.91. The van der Waals surface area contributed by atoms with Crippen LogP contribution in [0.25, 0.3) is 16.4 Å². The number of H-pyrrole nitrogens is 1. The summed E-state index contributed by atoms with van der Waals surface area (Å²) in [5.74, 6) is 0. The largest absolute Gasteiger partial charge is 0.278 e. The van der Waals surface area contributed by atoms with E-state index in [4.69, 9.17) is 0 Å². The van der Waals surface area contributed by atoms with Gasteiger partial charge in [-0.05, 0) is 79.0 Å². The molecular formula is C20H20N4. The number of aromatic nitrogens is 4. The highest BCUT2D eigenvalue weighted by atomic mass is 15.2. The van der Waals surface area contributed by atoms with Gasteiger partial charge in [0.1, 0.15) is 0 Å². The van der Waals surface area contributed by atoms with Crippen LogP contribution in [0, 0.1) is 0 Å². The second-order valence-electron chi connectivity index (χ2n) is 6.72. The van der Waals surface area contributed by atoms with E-state index >= 15 is 0 Å². The number of aromatic amines is 1. The molecule has 1 N–H and O–H groups in total. The van der Waals surface area contributed by atoms with Gasteiger partial charge in [0.2, 0.25) is 0 Å². The van der Waals surface area contributed by atoms with Crippen molar-refractivity contribution in [1.82, 2.24) is 19.8 Å². The van der Waals surface area contributed by atoms with Gasteiger partial charge in [0.15, 0.2) is 0 Å². The zero-order valence-corrected chi connectivity index (χ0v) is 13.6. The van der Waals surface area contributed by atoms with Crippen molar-refractivity contribution in [3.63, 3.8) is 0 Å². The van der Waals surface area contributed by atoms with Gasteiger partial charge in [0.25, 0.3) is 0 Å². The first-order valence-electron chi connectivity index (χ1n) is 8.78. The Bertz CT molecular complexity index is 941. The molecule has 3 heterocycles. The van der Waals surface area contributed by atoms with Gasteiger partial charge in [0, 0.05) is 17.8 Å². The fourth-order valence-corrected chi connectivity index (χ4v) is 4.18. The molecule has 24 heavy (non-hydrogen) atoms. The molecule has 0 radical (unpaired) electrons. The van der Waals surface area contributed by atoms with Crippen molar-refractivity contribution in [3.05, 3.63) is 65.1 Å². The summed E-state index contributed by atoms with van der Waals surface area (Å²) >= 11 is 0. The van der Waals surface area contributed by atoms with E-state index in [0.717, 1.165) is 0 Å². The van der Waals surface area contributed by atoms with Crippen molar-refractivity contribution in [2.24, 2.45) is 0 Å². The third-order valence-corrected chi connectivity index (χ3v) is 5.36.